The van der Waals surface area contributed by atoms with Crippen LogP contribution in [0.25, 0.3) is 33.6 Å². The number of urea groups is 1. The van der Waals surface area contributed by atoms with E-state index in [-0.39, 0.29) is 0 Å². The van der Waals surface area contributed by atoms with Gasteiger partial charge in [0.2, 0.25) is 0 Å². The standard InChI is InChI=1S/C20H16N6O/c21-20(27)22-17-8-4-7-16(18(17)19-23-25-26-24-19)15-11-9-14(10-12-15)13-5-2-1-3-6-13/h1-12H,(H3,21,22,27)(H,23,24,25,26). The fraction of sp³-hybridized carbons (Fsp3) is 0. The van der Waals surface area contributed by atoms with Crippen molar-refractivity contribution in [3.63, 3.8) is 0 Å². The summed E-state index contributed by atoms with van der Waals surface area (Å²) in [4.78, 5) is 11.4. The lowest BCUT2D eigenvalue weighted by atomic mass is 9.95. The maximum Gasteiger partial charge on any atom is 0.316 e. The van der Waals surface area contributed by atoms with Crippen LogP contribution in [0.15, 0.2) is 72.8 Å². The van der Waals surface area contributed by atoms with Crippen LogP contribution in [0.3, 0.4) is 0 Å². The number of H-pyrrole nitrogens is 1. The third kappa shape index (κ3) is 3.38. The first-order chi connectivity index (χ1) is 13.2. The van der Waals surface area contributed by atoms with Gasteiger partial charge in [-0.25, -0.2) is 9.89 Å². The number of hydrogen-bond acceptors (Lipinski definition) is 4. The molecule has 0 fully saturated rings. The second kappa shape index (κ2) is 7.09. The minimum absolute atomic E-state index is 0.446. The van der Waals surface area contributed by atoms with Crippen LogP contribution in [0.4, 0.5) is 10.5 Å². The number of nitrogens with one attached hydrogen (secondary N) is 2. The fourth-order valence-electron chi connectivity index (χ4n) is 3.02. The Hall–Kier alpha value is -4.00. The predicted molar refractivity (Wildman–Crippen MR) is 104 cm³/mol. The van der Waals surface area contributed by atoms with Gasteiger partial charge in [-0.3, -0.25) is 0 Å². The number of amides is 2. The average molecular weight is 356 g/mol. The Balaban J connectivity index is 1.81. The highest BCUT2D eigenvalue weighted by atomic mass is 16.2. The summed E-state index contributed by atoms with van der Waals surface area (Å²) in [5.41, 5.74) is 10.6. The minimum atomic E-state index is -0.652. The molecule has 0 spiro atoms. The van der Waals surface area contributed by atoms with Gasteiger partial charge in [-0.15, -0.1) is 5.10 Å². The summed E-state index contributed by atoms with van der Waals surface area (Å²) in [5.74, 6) is 0.446. The molecule has 0 aliphatic heterocycles. The quantitative estimate of drug-likeness (QED) is 0.518. The monoisotopic (exact) mass is 356 g/mol. The van der Waals surface area contributed by atoms with E-state index in [1.807, 2.05) is 42.5 Å². The number of aromatic nitrogens is 4. The van der Waals surface area contributed by atoms with Gasteiger partial charge >= 0.3 is 6.03 Å². The Morgan fingerprint density at radius 1 is 0.852 bits per heavy atom. The fourth-order valence-corrected chi connectivity index (χ4v) is 3.02. The zero-order chi connectivity index (χ0) is 18.6. The van der Waals surface area contributed by atoms with E-state index in [0.29, 0.717) is 17.1 Å². The number of carbonyl (C=O) groups is 1. The summed E-state index contributed by atoms with van der Waals surface area (Å²) in [6, 6.07) is 23.2. The topological polar surface area (TPSA) is 110 Å². The van der Waals surface area contributed by atoms with Crippen LogP contribution in [0.5, 0.6) is 0 Å². The molecule has 7 heteroatoms. The number of nitrogens with zero attached hydrogens (tertiary/aromatic N) is 3. The lowest BCUT2D eigenvalue weighted by Gasteiger charge is -2.13. The molecule has 2 amide bonds. The molecule has 0 aliphatic rings. The van der Waals surface area contributed by atoms with Gasteiger partial charge in [0.05, 0.1) is 11.3 Å². The Labute approximate surface area is 155 Å². The molecule has 0 radical (unpaired) electrons. The second-order valence-electron chi connectivity index (χ2n) is 5.91. The Kier molecular flexibility index (Phi) is 4.32. The van der Waals surface area contributed by atoms with Crippen LogP contribution in [-0.2, 0) is 0 Å². The summed E-state index contributed by atoms with van der Waals surface area (Å²) < 4.78 is 0. The highest BCUT2D eigenvalue weighted by Gasteiger charge is 2.16. The van der Waals surface area contributed by atoms with Crippen molar-refractivity contribution in [1.82, 2.24) is 20.6 Å². The molecule has 0 atom stereocenters. The predicted octanol–water partition coefficient (Wildman–Crippen LogP) is 3.69. The highest BCUT2D eigenvalue weighted by Crippen LogP contribution is 2.36. The molecule has 132 valence electrons. The van der Waals surface area contributed by atoms with Crippen molar-refractivity contribution < 1.29 is 4.79 Å². The number of tetrazole rings is 1. The van der Waals surface area contributed by atoms with Crippen molar-refractivity contribution in [2.75, 3.05) is 5.32 Å². The molecular weight excluding hydrogens is 340 g/mol. The van der Waals surface area contributed by atoms with E-state index in [0.717, 1.165) is 22.3 Å². The van der Waals surface area contributed by atoms with Gasteiger partial charge in [-0.1, -0.05) is 66.7 Å². The zero-order valence-electron chi connectivity index (χ0n) is 14.3. The minimum Gasteiger partial charge on any atom is -0.351 e. The molecule has 4 aromatic rings. The number of benzene rings is 3. The number of primary amides is 1. The highest BCUT2D eigenvalue weighted by molar-refractivity contribution is 5.97. The van der Waals surface area contributed by atoms with E-state index >= 15 is 0 Å². The van der Waals surface area contributed by atoms with Gasteiger partial charge in [-0.05, 0) is 38.7 Å². The molecule has 1 aromatic heterocycles. The maximum absolute atomic E-state index is 11.4. The smallest absolute Gasteiger partial charge is 0.316 e. The number of nitrogens with two attached hydrogens (primary N) is 1. The molecule has 0 aliphatic carbocycles. The van der Waals surface area contributed by atoms with Crippen LogP contribution in [-0.4, -0.2) is 26.7 Å². The summed E-state index contributed by atoms with van der Waals surface area (Å²) in [6.45, 7) is 0. The first-order valence-corrected chi connectivity index (χ1v) is 8.32. The summed E-state index contributed by atoms with van der Waals surface area (Å²) in [7, 11) is 0. The maximum atomic E-state index is 11.4. The van der Waals surface area contributed by atoms with Crippen LogP contribution >= 0.6 is 0 Å². The largest absolute Gasteiger partial charge is 0.351 e. The Bertz CT molecular complexity index is 1060. The number of aromatic amines is 1. The zero-order valence-corrected chi connectivity index (χ0v) is 14.3. The van der Waals surface area contributed by atoms with Crippen molar-refractivity contribution in [3.8, 4) is 33.6 Å². The number of anilines is 1. The van der Waals surface area contributed by atoms with E-state index < -0.39 is 6.03 Å². The van der Waals surface area contributed by atoms with Crippen LogP contribution < -0.4 is 11.1 Å². The molecule has 1 heterocycles. The molecule has 0 bridgehead atoms. The average Bonchev–Trinajstić information content (AvgIpc) is 3.23. The molecule has 0 saturated heterocycles. The first-order valence-electron chi connectivity index (χ1n) is 8.32. The summed E-state index contributed by atoms with van der Waals surface area (Å²) >= 11 is 0. The number of carbonyl (C=O) groups excluding carboxylic acids is 1. The van der Waals surface area contributed by atoms with E-state index in [2.05, 4.69) is 50.2 Å². The molecule has 0 unspecified atom stereocenters. The molecule has 4 N–H and O–H groups in total. The SMILES string of the molecule is NC(=O)Nc1cccc(-c2ccc(-c3ccccc3)cc2)c1-c1nnn[nH]1. The third-order valence-electron chi connectivity index (χ3n) is 4.21. The summed E-state index contributed by atoms with van der Waals surface area (Å²) in [5, 5.41) is 16.7. The lowest BCUT2D eigenvalue weighted by Crippen LogP contribution is -2.20. The number of hydrogen-bond donors (Lipinski definition) is 3. The third-order valence-corrected chi connectivity index (χ3v) is 4.21. The molecule has 3 aromatic carbocycles. The lowest BCUT2D eigenvalue weighted by molar-refractivity contribution is 0.259. The van der Waals surface area contributed by atoms with Crippen molar-refractivity contribution in [2.45, 2.75) is 0 Å². The Morgan fingerprint density at radius 3 is 2.22 bits per heavy atom. The van der Waals surface area contributed by atoms with Gasteiger partial charge in [-0.2, -0.15) is 0 Å². The van der Waals surface area contributed by atoms with E-state index in [1.165, 1.54) is 0 Å². The van der Waals surface area contributed by atoms with E-state index in [9.17, 15) is 4.79 Å². The Morgan fingerprint density at radius 2 is 1.56 bits per heavy atom. The van der Waals surface area contributed by atoms with Crippen molar-refractivity contribution >= 4 is 11.7 Å². The van der Waals surface area contributed by atoms with Gasteiger partial charge in [0.1, 0.15) is 0 Å². The first kappa shape index (κ1) is 16.5. The van der Waals surface area contributed by atoms with Gasteiger partial charge in [0.15, 0.2) is 5.82 Å². The molecule has 0 saturated carbocycles. The van der Waals surface area contributed by atoms with Crippen LogP contribution in [0.1, 0.15) is 0 Å². The van der Waals surface area contributed by atoms with Gasteiger partial charge in [0, 0.05) is 0 Å². The normalized spacial score (nSPS) is 10.5. The molecule has 27 heavy (non-hydrogen) atoms. The van der Waals surface area contributed by atoms with E-state index in [4.69, 9.17) is 5.73 Å². The van der Waals surface area contributed by atoms with Gasteiger partial charge < -0.3 is 11.1 Å². The summed E-state index contributed by atoms with van der Waals surface area (Å²) in [6.07, 6.45) is 0. The molecular formula is C20H16N6O. The molecule has 4 rings (SSSR count). The van der Waals surface area contributed by atoms with Gasteiger partial charge in [0.25, 0.3) is 0 Å². The van der Waals surface area contributed by atoms with Crippen molar-refractivity contribution in [1.29, 1.82) is 0 Å². The molecule has 7 nitrogen and oxygen atoms in total. The van der Waals surface area contributed by atoms with Crippen molar-refractivity contribution in [3.05, 3.63) is 72.8 Å². The van der Waals surface area contributed by atoms with Crippen molar-refractivity contribution in [2.24, 2.45) is 5.73 Å². The second-order valence-corrected chi connectivity index (χ2v) is 5.91. The number of rotatable bonds is 4. The van der Waals surface area contributed by atoms with Crippen LogP contribution in [0.2, 0.25) is 0 Å². The van der Waals surface area contributed by atoms with Crippen LogP contribution in [0, 0.1) is 0 Å². The van der Waals surface area contributed by atoms with E-state index in [1.54, 1.807) is 6.07 Å².